The Morgan fingerprint density at radius 2 is 1.92 bits per heavy atom. The van der Waals surface area contributed by atoms with E-state index in [1.54, 1.807) is 0 Å². The monoisotopic (exact) mass is 232 g/mol. The van der Waals surface area contributed by atoms with Crippen LogP contribution in [0, 0.1) is 0 Å². The van der Waals surface area contributed by atoms with Crippen LogP contribution in [0.15, 0.2) is 0 Å². The van der Waals surface area contributed by atoms with Gasteiger partial charge in [0, 0.05) is 17.1 Å². The standard InChI is InChI=1S/C6H13ClO3S2/c7-5-3-1-2-4-6-10-12(8,9)11/h1-6H2,(H,8,9,11). The Morgan fingerprint density at radius 1 is 1.33 bits per heavy atom. The first-order valence-corrected chi connectivity index (χ1v) is 6.64. The molecule has 0 radical (unpaired) electrons. The lowest BCUT2D eigenvalue weighted by atomic mass is 10.2. The zero-order valence-corrected chi connectivity index (χ0v) is 9.09. The van der Waals surface area contributed by atoms with E-state index in [9.17, 15) is 4.21 Å². The molecule has 0 aromatic carbocycles. The van der Waals surface area contributed by atoms with Crippen LogP contribution in [0.3, 0.4) is 0 Å². The van der Waals surface area contributed by atoms with Crippen molar-refractivity contribution in [1.29, 1.82) is 0 Å². The van der Waals surface area contributed by atoms with Crippen molar-refractivity contribution < 1.29 is 12.9 Å². The second-order valence-corrected chi connectivity index (χ2v) is 5.09. The molecular formula is C6H13ClO3S2. The molecule has 0 aromatic rings. The van der Waals surface area contributed by atoms with Gasteiger partial charge in [-0.3, -0.25) is 8.74 Å². The predicted molar refractivity (Wildman–Crippen MR) is 53.3 cm³/mol. The van der Waals surface area contributed by atoms with E-state index < -0.39 is 9.05 Å². The Morgan fingerprint density at radius 3 is 2.42 bits per heavy atom. The summed E-state index contributed by atoms with van der Waals surface area (Å²) in [5.41, 5.74) is 0. The maximum absolute atomic E-state index is 10.4. The van der Waals surface area contributed by atoms with Crippen molar-refractivity contribution in [3.05, 3.63) is 0 Å². The van der Waals surface area contributed by atoms with Crippen molar-refractivity contribution in [3.8, 4) is 0 Å². The van der Waals surface area contributed by atoms with Gasteiger partial charge in [0.25, 0.3) is 9.05 Å². The normalized spacial score (nSPS) is 15.8. The third-order valence-corrected chi connectivity index (χ3v) is 2.28. The Bertz CT molecular complexity index is 191. The van der Waals surface area contributed by atoms with Crippen LogP contribution < -0.4 is 0 Å². The molecule has 1 atom stereocenters. The molecule has 3 nitrogen and oxygen atoms in total. The zero-order chi connectivity index (χ0) is 9.45. The van der Waals surface area contributed by atoms with Crippen LogP contribution in [0.1, 0.15) is 25.7 Å². The van der Waals surface area contributed by atoms with Crippen LogP contribution >= 0.6 is 11.6 Å². The molecule has 1 N–H and O–H groups in total. The predicted octanol–water partition coefficient (Wildman–Crippen LogP) is 1.94. The smallest absolute Gasteiger partial charge is 0.266 e. The molecule has 0 aliphatic rings. The quantitative estimate of drug-likeness (QED) is 0.538. The van der Waals surface area contributed by atoms with Crippen molar-refractivity contribution >= 4 is 31.8 Å². The third-order valence-electron chi connectivity index (χ3n) is 1.26. The number of hydrogen-bond donors (Lipinski definition) is 1. The highest BCUT2D eigenvalue weighted by Gasteiger charge is 1.98. The van der Waals surface area contributed by atoms with Gasteiger partial charge in [-0.15, -0.1) is 11.6 Å². The number of halogens is 1. The van der Waals surface area contributed by atoms with E-state index in [2.05, 4.69) is 15.4 Å². The molecule has 12 heavy (non-hydrogen) atoms. The molecule has 0 aliphatic carbocycles. The summed E-state index contributed by atoms with van der Waals surface area (Å²) >= 11 is 9.58. The molecule has 0 rings (SSSR count). The van der Waals surface area contributed by atoms with Crippen LogP contribution in [0.25, 0.3) is 0 Å². The summed E-state index contributed by atoms with van der Waals surface area (Å²) in [5.74, 6) is 0.665. The van der Waals surface area contributed by atoms with Gasteiger partial charge >= 0.3 is 0 Å². The first-order chi connectivity index (χ1) is 5.56. The van der Waals surface area contributed by atoms with Gasteiger partial charge in [-0.05, 0) is 12.8 Å². The number of alkyl halides is 1. The van der Waals surface area contributed by atoms with Gasteiger partial charge in [0.2, 0.25) is 0 Å². The highest BCUT2D eigenvalue weighted by molar-refractivity contribution is 8.27. The third kappa shape index (κ3) is 10.6. The van der Waals surface area contributed by atoms with Gasteiger partial charge < -0.3 is 0 Å². The lowest BCUT2D eigenvalue weighted by Gasteiger charge is -2.00. The number of rotatable bonds is 7. The summed E-state index contributed by atoms with van der Waals surface area (Å²) in [7, 11) is -3.41. The average molecular weight is 233 g/mol. The van der Waals surface area contributed by atoms with Gasteiger partial charge in [-0.2, -0.15) is 4.21 Å². The van der Waals surface area contributed by atoms with Crippen molar-refractivity contribution in [1.82, 2.24) is 0 Å². The first-order valence-electron chi connectivity index (χ1n) is 3.74. The van der Waals surface area contributed by atoms with Crippen LogP contribution in [0.5, 0.6) is 0 Å². The fourth-order valence-electron chi connectivity index (χ4n) is 0.714. The fraction of sp³-hybridized carbons (Fsp3) is 1.00. The van der Waals surface area contributed by atoms with E-state index >= 15 is 0 Å². The maximum atomic E-state index is 10.4. The van der Waals surface area contributed by atoms with Gasteiger partial charge in [-0.1, -0.05) is 12.8 Å². The molecule has 0 heterocycles. The van der Waals surface area contributed by atoms with Crippen LogP contribution in [-0.4, -0.2) is 21.2 Å². The molecule has 0 aromatic heterocycles. The summed E-state index contributed by atoms with van der Waals surface area (Å²) in [4.78, 5) is 0. The Hall–Kier alpha value is 0.580. The SMILES string of the molecule is O=S(O)(=S)OCCCCCCCl. The Balaban J connectivity index is 3.12. The van der Waals surface area contributed by atoms with E-state index in [0.29, 0.717) is 5.88 Å². The number of hydrogen-bond acceptors (Lipinski definition) is 3. The van der Waals surface area contributed by atoms with Crippen LogP contribution in [-0.2, 0) is 24.4 Å². The summed E-state index contributed by atoms with van der Waals surface area (Å²) in [6, 6.07) is 0. The lowest BCUT2D eigenvalue weighted by Crippen LogP contribution is -2.03. The van der Waals surface area contributed by atoms with Crippen molar-refractivity contribution in [2.75, 3.05) is 12.5 Å². The molecule has 0 fully saturated rings. The fourth-order valence-corrected chi connectivity index (χ4v) is 1.44. The summed E-state index contributed by atoms with van der Waals surface area (Å²) in [6.07, 6.45) is 3.71. The molecule has 0 spiro atoms. The van der Waals surface area contributed by atoms with E-state index in [4.69, 9.17) is 16.2 Å². The van der Waals surface area contributed by atoms with E-state index in [0.717, 1.165) is 25.7 Å². The minimum atomic E-state index is -3.41. The van der Waals surface area contributed by atoms with E-state index in [1.165, 1.54) is 0 Å². The Labute approximate surface area is 83.1 Å². The summed E-state index contributed by atoms with van der Waals surface area (Å²) in [5, 5.41) is 0. The minimum Gasteiger partial charge on any atom is -0.285 e. The molecule has 0 saturated carbocycles. The highest BCUT2D eigenvalue weighted by atomic mass is 35.5. The summed E-state index contributed by atoms with van der Waals surface area (Å²) < 4.78 is 23.4. The van der Waals surface area contributed by atoms with Crippen molar-refractivity contribution in [3.63, 3.8) is 0 Å². The van der Waals surface area contributed by atoms with Crippen LogP contribution in [0.2, 0.25) is 0 Å². The Kier molecular flexibility index (Phi) is 7.37. The molecule has 0 amide bonds. The molecule has 1 unspecified atom stereocenters. The zero-order valence-electron chi connectivity index (χ0n) is 6.70. The first kappa shape index (κ1) is 12.6. The van der Waals surface area contributed by atoms with Gasteiger partial charge in [0.15, 0.2) is 0 Å². The second-order valence-electron chi connectivity index (χ2n) is 2.35. The van der Waals surface area contributed by atoms with Crippen molar-refractivity contribution in [2.24, 2.45) is 0 Å². The largest absolute Gasteiger partial charge is 0.285 e. The van der Waals surface area contributed by atoms with Crippen molar-refractivity contribution in [2.45, 2.75) is 25.7 Å². The van der Waals surface area contributed by atoms with Crippen LogP contribution in [0.4, 0.5) is 0 Å². The van der Waals surface area contributed by atoms with E-state index in [-0.39, 0.29) is 6.61 Å². The molecule has 6 heteroatoms. The lowest BCUT2D eigenvalue weighted by molar-refractivity contribution is 0.295. The molecular weight excluding hydrogens is 220 g/mol. The molecule has 74 valence electrons. The maximum Gasteiger partial charge on any atom is 0.266 e. The minimum absolute atomic E-state index is 0.251. The molecule has 0 aliphatic heterocycles. The molecule has 0 bridgehead atoms. The van der Waals surface area contributed by atoms with E-state index in [1.807, 2.05) is 0 Å². The average Bonchev–Trinajstić information content (AvgIpc) is 1.94. The van der Waals surface area contributed by atoms with Gasteiger partial charge in [0.1, 0.15) is 0 Å². The topological polar surface area (TPSA) is 46.5 Å². The molecule has 0 saturated heterocycles. The highest BCUT2D eigenvalue weighted by Crippen LogP contribution is 2.02. The summed E-state index contributed by atoms with van der Waals surface area (Å²) in [6.45, 7) is 0.251. The second kappa shape index (κ2) is 7.03. The van der Waals surface area contributed by atoms with Gasteiger partial charge in [-0.25, -0.2) is 0 Å². The number of unbranched alkanes of at least 4 members (excludes halogenated alkanes) is 3. The van der Waals surface area contributed by atoms with Gasteiger partial charge in [0.05, 0.1) is 6.61 Å².